The van der Waals surface area contributed by atoms with Crippen LogP contribution < -0.4 is 16.0 Å². The molecule has 1 unspecified atom stereocenters. The van der Waals surface area contributed by atoms with E-state index in [1.165, 1.54) is 0 Å². The summed E-state index contributed by atoms with van der Waals surface area (Å²) >= 11 is 3.44. The fraction of sp³-hybridized carbons (Fsp3) is 0.462. The van der Waals surface area contributed by atoms with Crippen molar-refractivity contribution >= 4 is 27.5 Å². The summed E-state index contributed by atoms with van der Waals surface area (Å²) in [6.45, 7) is 2.15. The summed E-state index contributed by atoms with van der Waals surface area (Å²) in [5, 5.41) is 2.68. The van der Waals surface area contributed by atoms with Gasteiger partial charge in [-0.15, -0.1) is 0 Å². The first kappa shape index (κ1) is 14.3. The summed E-state index contributed by atoms with van der Waals surface area (Å²) in [4.78, 5) is 14.0. The highest BCUT2D eigenvalue weighted by Crippen LogP contribution is 2.27. The fourth-order valence-electron chi connectivity index (χ4n) is 2.27. The number of likely N-dealkylation sites (N-methyl/N-ethyl adjacent to an activating group) is 1. The molecule has 1 heterocycles. The van der Waals surface area contributed by atoms with Gasteiger partial charge in [0, 0.05) is 30.3 Å². The van der Waals surface area contributed by atoms with E-state index in [0.29, 0.717) is 26.3 Å². The summed E-state index contributed by atoms with van der Waals surface area (Å²) in [5.41, 5.74) is 7.82. The van der Waals surface area contributed by atoms with Gasteiger partial charge < -0.3 is 20.7 Å². The Morgan fingerprint density at radius 3 is 3.11 bits per heavy atom. The third-order valence-electron chi connectivity index (χ3n) is 3.25. The number of rotatable bonds is 3. The number of carbonyl (C=O) groups is 1. The zero-order chi connectivity index (χ0) is 13.8. The van der Waals surface area contributed by atoms with Crippen molar-refractivity contribution in [3.05, 3.63) is 28.2 Å². The van der Waals surface area contributed by atoms with Gasteiger partial charge in [-0.2, -0.15) is 0 Å². The molecule has 1 amide bonds. The quantitative estimate of drug-likeness (QED) is 0.864. The number of hydrogen-bond donors (Lipinski definition) is 2. The van der Waals surface area contributed by atoms with Gasteiger partial charge in [0.1, 0.15) is 6.04 Å². The highest BCUT2D eigenvalue weighted by atomic mass is 79.9. The van der Waals surface area contributed by atoms with Crippen molar-refractivity contribution in [2.75, 3.05) is 31.7 Å². The summed E-state index contributed by atoms with van der Waals surface area (Å²) in [5.74, 6) is -0.0365. The molecule has 3 N–H and O–H groups in total. The van der Waals surface area contributed by atoms with Gasteiger partial charge in [-0.05, 0) is 23.8 Å². The Labute approximate surface area is 121 Å². The molecule has 1 atom stereocenters. The Morgan fingerprint density at radius 2 is 2.42 bits per heavy atom. The zero-order valence-corrected chi connectivity index (χ0v) is 12.4. The van der Waals surface area contributed by atoms with Crippen LogP contribution in [-0.2, 0) is 16.1 Å². The molecule has 1 saturated heterocycles. The van der Waals surface area contributed by atoms with E-state index in [-0.39, 0.29) is 11.9 Å². The molecule has 0 bridgehead atoms. The van der Waals surface area contributed by atoms with Crippen LogP contribution in [-0.4, -0.2) is 38.8 Å². The molecule has 2 rings (SSSR count). The summed E-state index contributed by atoms with van der Waals surface area (Å²) in [7, 11) is 1.64. The first-order chi connectivity index (χ1) is 9.17. The topological polar surface area (TPSA) is 67.6 Å². The Bertz CT molecular complexity index is 467. The lowest BCUT2D eigenvalue weighted by molar-refractivity contribution is -0.124. The third-order valence-corrected chi connectivity index (χ3v) is 3.74. The molecule has 1 aliphatic rings. The van der Waals surface area contributed by atoms with E-state index >= 15 is 0 Å². The number of amides is 1. The Morgan fingerprint density at radius 1 is 1.63 bits per heavy atom. The molecule has 0 saturated carbocycles. The lowest BCUT2D eigenvalue weighted by Gasteiger charge is -2.37. The Kier molecular flexibility index (Phi) is 4.79. The van der Waals surface area contributed by atoms with Crippen molar-refractivity contribution in [3.63, 3.8) is 0 Å². The predicted molar refractivity (Wildman–Crippen MR) is 78.1 cm³/mol. The van der Waals surface area contributed by atoms with E-state index in [4.69, 9.17) is 10.5 Å². The van der Waals surface area contributed by atoms with Crippen molar-refractivity contribution in [2.45, 2.75) is 12.6 Å². The Hall–Kier alpha value is -1.11. The number of nitrogens with zero attached hydrogens (tertiary/aromatic N) is 1. The van der Waals surface area contributed by atoms with Gasteiger partial charge >= 0.3 is 0 Å². The van der Waals surface area contributed by atoms with Crippen molar-refractivity contribution in [1.29, 1.82) is 0 Å². The van der Waals surface area contributed by atoms with Gasteiger partial charge in [-0.1, -0.05) is 15.9 Å². The smallest absolute Gasteiger partial charge is 0.244 e. The van der Waals surface area contributed by atoms with Crippen molar-refractivity contribution in [3.8, 4) is 0 Å². The minimum Gasteiger partial charge on any atom is -0.377 e. The first-order valence-electron chi connectivity index (χ1n) is 6.22. The molecule has 5 nitrogen and oxygen atoms in total. The minimum absolute atomic E-state index is 0.0365. The number of nitrogens with two attached hydrogens (primary N) is 1. The molecule has 1 aliphatic heterocycles. The molecule has 0 radical (unpaired) electrons. The maximum Gasteiger partial charge on any atom is 0.244 e. The van der Waals surface area contributed by atoms with E-state index in [9.17, 15) is 4.79 Å². The zero-order valence-electron chi connectivity index (χ0n) is 10.9. The number of benzene rings is 1. The van der Waals surface area contributed by atoms with Crippen LogP contribution in [0.3, 0.4) is 0 Å². The molecular weight excluding hydrogens is 310 g/mol. The van der Waals surface area contributed by atoms with Crippen molar-refractivity contribution in [2.24, 2.45) is 5.73 Å². The van der Waals surface area contributed by atoms with Crippen LogP contribution in [0.4, 0.5) is 5.69 Å². The van der Waals surface area contributed by atoms with E-state index in [2.05, 4.69) is 26.1 Å². The minimum atomic E-state index is -0.301. The van der Waals surface area contributed by atoms with Crippen molar-refractivity contribution in [1.82, 2.24) is 5.32 Å². The van der Waals surface area contributed by atoms with Crippen LogP contribution in [0.2, 0.25) is 0 Å². The number of hydrogen-bond acceptors (Lipinski definition) is 4. The SMILES string of the molecule is CNC(=O)C1COCCN1c1ccc(Br)cc1CN. The van der Waals surface area contributed by atoms with Crippen LogP contribution in [0.15, 0.2) is 22.7 Å². The standard InChI is InChI=1S/C13H18BrN3O2/c1-16-13(18)12-8-19-5-4-17(12)11-3-2-10(14)6-9(11)7-15/h2-3,6,12H,4-5,7-8,15H2,1H3,(H,16,18). The van der Waals surface area contributed by atoms with Crippen LogP contribution >= 0.6 is 15.9 Å². The second-order valence-electron chi connectivity index (χ2n) is 4.38. The lowest BCUT2D eigenvalue weighted by atomic mass is 10.1. The molecule has 1 fully saturated rings. The van der Waals surface area contributed by atoms with Crippen LogP contribution in [0.1, 0.15) is 5.56 Å². The molecule has 1 aromatic rings. The molecule has 6 heteroatoms. The molecular formula is C13H18BrN3O2. The first-order valence-corrected chi connectivity index (χ1v) is 7.01. The van der Waals surface area contributed by atoms with E-state index < -0.39 is 0 Å². The van der Waals surface area contributed by atoms with Crippen molar-refractivity contribution < 1.29 is 9.53 Å². The number of ether oxygens (including phenoxy) is 1. The summed E-state index contributed by atoms with van der Waals surface area (Å²) in [6, 6.07) is 5.65. The highest BCUT2D eigenvalue weighted by molar-refractivity contribution is 9.10. The number of nitrogens with one attached hydrogen (secondary N) is 1. The van der Waals surface area contributed by atoms with E-state index in [1.807, 2.05) is 18.2 Å². The number of carbonyl (C=O) groups excluding carboxylic acids is 1. The molecule has 104 valence electrons. The van der Waals surface area contributed by atoms with Gasteiger partial charge in [-0.25, -0.2) is 0 Å². The molecule has 1 aromatic carbocycles. The average molecular weight is 328 g/mol. The molecule has 0 spiro atoms. The van der Waals surface area contributed by atoms with Gasteiger partial charge in [0.2, 0.25) is 5.91 Å². The van der Waals surface area contributed by atoms with Gasteiger partial charge in [0.05, 0.1) is 13.2 Å². The van der Waals surface area contributed by atoms with E-state index in [0.717, 1.165) is 15.7 Å². The fourth-order valence-corrected chi connectivity index (χ4v) is 2.68. The monoisotopic (exact) mass is 327 g/mol. The second kappa shape index (κ2) is 6.36. The predicted octanol–water partition coefficient (Wildman–Crippen LogP) is 0.859. The normalized spacial score (nSPS) is 19.3. The summed E-state index contributed by atoms with van der Waals surface area (Å²) in [6.07, 6.45) is 0. The Balaban J connectivity index is 2.34. The average Bonchev–Trinajstić information content (AvgIpc) is 2.46. The maximum absolute atomic E-state index is 11.9. The number of anilines is 1. The van der Waals surface area contributed by atoms with Crippen LogP contribution in [0, 0.1) is 0 Å². The molecule has 19 heavy (non-hydrogen) atoms. The second-order valence-corrected chi connectivity index (χ2v) is 5.29. The molecule has 0 aliphatic carbocycles. The van der Waals surface area contributed by atoms with Gasteiger partial charge in [0.15, 0.2) is 0 Å². The maximum atomic E-state index is 11.9. The van der Waals surface area contributed by atoms with Crippen LogP contribution in [0.25, 0.3) is 0 Å². The lowest BCUT2D eigenvalue weighted by Crippen LogP contribution is -2.53. The number of morpholine rings is 1. The molecule has 0 aromatic heterocycles. The third kappa shape index (κ3) is 3.08. The van der Waals surface area contributed by atoms with Gasteiger partial charge in [-0.3, -0.25) is 4.79 Å². The van der Waals surface area contributed by atoms with Crippen LogP contribution in [0.5, 0.6) is 0 Å². The largest absolute Gasteiger partial charge is 0.377 e. The highest BCUT2D eigenvalue weighted by Gasteiger charge is 2.29. The van der Waals surface area contributed by atoms with E-state index in [1.54, 1.807) is 7.05 Å². The number of halogens is 1. The summed E-state index contributed by atoms with van der Waals surface area (Å²) < 4.78 is 6.40. The van der Waals surface area contributed by atoms with Gasteiger partial charge in [0.25, 0.3) is 0 Å².